The Morgan fingerprint density at radius 1 is 1.27 bits per heavy atom. The van der Waals surface area contributed by atoms with Crippen LogP contribution in [-0.4, -0.2) is 45.8 Å². The van der Waals surface area contributed by atoms with Crippen molar-refractivity contribution in [2.45, 2.75) is 59.4 Å². The highest BCUT2D eigenvalue weighted by Gasteiger charge is 2.37. The molecule has 0 bridgehead atoms. The van der Waals surface area contributed by atoms with Gasteiger partial charge in [0.15, 0.2) is 9.84 Å². The molecule has 5 rings (SSSR count). The number of carbonyl (C=O) groups is 1. The summed E-state index contributed by atoms with van der Waals surface area (Å²) in [7, 11) is -3.09. The van der Waals surface area contributed by atoms with Gasteiger partial charge in [0.1, 0.15) is 5.15 Å². The monoisotopic (exact) mass is 541 g/mol. The Morgan fingerprint density at radius 2 is 2.00 bits per heavy atom. The van der Waals surface area contributed by atoms with Crippen LogP contribution in [0.15, 0.2) is 24.3 Å². The average molecular weight is 542 g/mol. The third-order valence-corrected chi connectivity index (χ3v) is 10.5. The highest BCUT2D eigenvalue weighted by atomic mass is 35.5. The van der Waals surface area contributed by atoms with E-state index in [0.717, 1.165) is 29.5 Å². The lowest BCUT2D eigenvalue weighted by atomic mass is 9.67. The quantitative estimate of drug-likeness (QED) is 0.425. The van der Waals surface area contributed by atoms with Gasteiger partial charge >= 0.3 is 5.97 Å². The Kier molecular flexibility index (Phi) is 6.47. The number of halogens is 1. The summed E-state index contributed by atoms with van der Waals surface area (Å²) >= 11 is 6.83. The van der Waals surface area contributed by atoms with Gasteiger partial charge in [-0.1, -0.05) is 57.0 Å². The van der Waals surface area contributed by atoms with E-state index in [1.54, 1.807) is 4.68 Å². The van der Waals surface area contributed by atoms with E-state index < -0.39 is 15.8 Å². The van der Waals surface area contributed by atoms with Crippen molar-refractivity contribution in [1.29, 1.82) is 0 Å². The second-order valence-corrected chi connectivity index (χ2v) is 13.6. The molecule has 0 spiro atoms. The second kappa shape index (κ2) is 9.24. The molecule has 1 aromatic carbocycles. The van der Waals surface area contributed by atoms with Crippen LogP contribution < -0.4 is 0 Å². The fourth-order valence-electron chi connectivity index (χ4n) is 5.69. The zero-order chi connectivity index (χ0) is 26.7. The lowest BCUT2D eigenvalue weighted by Gasteiger charge is -2.38. The lowest BCUT2D eigenvalue weighted by molar-refractivity contribution is 0.0696. The third kappa shape index (κ3) is 4.59. The number of para-hydroxylation sites is 1. The first-order valence-electron chi connectivity index (χ1n) is 12.7. The topological polar surface area (TPSA) is 102 Å². The van der Waals surface area contributed by atoms with E-state index in [-0.39, 0.29) is 28.9 Å². The predicted molar refractivity (Wildman–Crippen MR) is 147 cm³/mol. The van der Waals surface area contributed by atoms with Gasteiger partial charge in [-0.25, -0.2) is 22.9 Å². The molecule has 0 amide bonds. The standard InChI is InChI=1S/C28H32ClN3O4S/c1-5-28(3,4)18-12-17(13-21-16(2)31-32(26(21)29)19-10-11-37(35,36)15-19)25-22(14-18)24(27(33)34)20-8-6-7-9-23(20)30-25/h6-9,13,18-19H,5,10-12,14-15H2,1-4H3,(H,33,34)/b17-13+/t18-,19+/m0/s1. The largest absolute Gasteiger partial charge is 0.478 e. The van der Waals surface area contributed by atoms with Gasteiger partial charge in [0, 0.05) is 10.9 Å². The number of sulfone groups is 1. The maximum Gasteiger partial charge on any atom is 0.336 e. The van der Waals surface area contributed by atoms with Crippen molar-refractivity contribution in [2.24, 2.45) is 11.3 Å². The maximum atomic E-state index is 12.6. The molecule has 9 heteroatoms. The molecular formula is C28H32ClN3O4S. The Labute approximate surface area is 222 Å². The summed E-state index contributed by atoms with van der Waals surface area (Å²) in [4.78, 5) is 17.5. The van der Waals surface area contributed by atoms with E-state index in [9.17, 15) is 18.3 Å². The molecule has 1 saturated heterocycles. The van der Waals surface area contributed by atoms with Gasteiger partial charge in [0.05, 0.1) is 40.0 Å². The minimum Gasteiger partial charge on any atom is -0.478 e. The summed E-state index contributed by atoms with van der Waals surface area (Å²) in [5, 5.41) is 16.0. The van der Waals surface area contributed by atoms with Gasteiger partial charge in [-0.15, -0.1) is 0 Å². The van der Waals surface area contributed by atoms with E-state index in [2.05, 4.69) is 25.9 Å². The molecule has 2 aromatic heterocycles. The van der Waals surface area contributed by atoms with Crippen LogP contribution in [-0.2, 0) is 16.3 Å². The maximum absolute atomic E-state index is 12.6. The molecule has 3 aromatic rings. The number of nitrogens with zero attached hydrogens (tertiary/aromatic N) is 3. The zero-order valence-corrected chi connectivity index (χ0v) is 23.2. The van der Waals surface area contributed by atoms with Crippen molar-refractivity contribution in [3.63, 3.8) is 0 Å². The van der Waals surface area contributed by atoms with Crippen molar-refractivity contribution in [1.82, 2.24) is 14.8 Å². The molecule has 1 aliphatic heterocycles. The highest BCUT2D eigenvalue weighted by molar-refractivity contribution is 7.91. The normalized spacial score (nSPS) is 22.5. The Bertz CT molecular complexity index is 1560. The second-order valence-electron chi connectivity index (χ2n) is 11.0. The number of pyridine rings is 1. The highest BCUT2D eigenvalue weighted by Crippen LogP contribution is 2.46. The number of hydrogen-bond donors (Lipinski definition) is 1. The van der Waals surface area contributed by atoms with Crippen LogP contribution in [0.2, 0.25) is 5.15 Å². The van der Waals surface area contributed by atoms with Crippen LogP contribution in [0.1, 0.15) is 78.9 Å². The number of carboxylic acid groups (broad SMARTS) is 1. The van der Waals surface area contributed by atoms with E-state index in [0.29, 0.717) is 45.8 Å². The molecular weight excluding hydrogens is 510 g/mol. The first-order valence-corrected chi connectivity index (χ1v) is 14.9. The molecule has 3 heterocycles. The van der Waals surface area contributed by atoms with E-state index in [1.165, 1.54) is 0 Å². The zero-order valence-electron chi connectivity index (χ0n) is 21.6. The smallest absolute Gasteiger partial charge is 0.336 e. The number of aryl methyl sites for hydroxylation is 1. The molecule has 1 aliphatic carbocycles. The van der Waals surface area contributed by atoms with Crippen LogP contribution in [0, 0.1) is 18.3 Å². The van der Waals surface area contributed by atoms with Crippen LogP contribution in [0.25, 0.3) is 22.6 Å². The lowest BCUT2D eigenvalue weighted by Crippen LogP contribution is -2.30. The van der Waals surface area contributed by atoms with Gasteiger partial charge in [-0.05, 0) is 60.8 Å². The van der Waals surface area contributed by atoms with Crippen LogP contribution in [0.4, 0.5) is 0 Å². The summed E-state index contributed by atoms with van der Waals surface area (Å²) in [6.45, 7) is 8.49. The Morgan fingerprint density at radius 3 is 2.65 bits per heavy atom. The van der Waals surface area contributed by atoms with E-state index in [4.69, 9.17) is 16.6 Å². The van der Waals surface area contributed by atoms with Crippen molar-refractivity contribution < 1.29 is 18.3 Å². The first kappa shape index (κ1) is 25.9. The number of aromatic nitrogens is 3. The summed E-state index contributed by atoms with van der Waals surface area (Å²) in [6, 6.07) is 7.10. The van der Waals surface area contributed by atoms with Crippen LogP contribution >= 0.6 is 11.6 Å². The first-order chi connectivity index (χ1) is 17.4. The number of rotatable bonds is 5. The average Bonchev–Trinajstić information content (AvgIpc) is 3.35. The molecule has 2 aliphatic rings. The minimum absolute atomic E-state index is 0.0145. The van der Waals surface area contributed by atoms with Crippen LogP contribution in [0.5, 0.6) is 0 Å². The number of aromatic carboxylic acids is 1. The van der Waals surface area contributed by atoms with Crippen molar-refractivity contribution in [2.75, 3.05) is 11.5 Å². The van der Waals surface area contributed by atoms with Gasteiger partial charge < -0.3 is 5.11 Å². The number of fused-ring (bicyclic) bond motifs is 2. The van der Waals surface area contributed by atoms with E-state index >= 15 is 0 Å². The van der Waals surface area contributed by atoms with Gasteiger partial charge in [-0.2, -0.15) is 5.10 Å². The van der Waals surface area contributed by atoms with Gasteiger partial charge in [0.2, 0.25) is 0 Å². The summed E-state index contributed by atoms with van der Waals surface area (Å²) < 4.78 is 25.8. The minimum atomic E-state index is -3.09. The third-order valence-electron chi connectivity index (χ3n) is 8.39. The molecule has 1 N–H and O–H groups in total. The number of benzene rings is 1. The van der Waals surface area contributed by atoms with Gasteiger partial charge in [-0.3, -0.25) is 0 Å². The van der Waals surface area contributed by atoms with Gasteiger partial charge in [0.25, 0.3) is 0 Å². The fourth-order valence-corrected chi connectivity index (χ4v) is 7.75. The number of carboxylic acids is 1. The van der Waals surface area contributed by atoms with Crippen LogP contribution in [0.3, 0.4) is 0 Å². The SMILES string of the molecule is CCC(C)(C)[C@H]1C/C(=C\c2c(C)nn([C@@H]3CCS(=O)(=O)C3)c2Cl)c2nc3ccccc3c(C(=O)O)c2C1. The fraction of sp³-hybridized carbons (Fsp3) is 0.464. The Balaban J connectivity index is 1.71. The predicted octanol–water partition coefficient (Wildman–Crippen LogP) is 5.99. The molecule has 37 heavy (non-hydrogen) atoms. The van der Waals surface area contributed by atoms with Crippen molar-refractivity contribution >= 4 is 50.0 Å². The molecule has 0 unspecified atom stereocenters. The number of hydrogen-bond acceptors (Lipinski definition) is 5. The summed E-state index contributed by atoms with van der Waals surface area (Å²) in [5.74, 6) is -0.561. The molecule has 2 atom stereocenters. The molecule has 196 valence electrons. The summed E-state index contributed by atoms with van der Waals surface area (Å²) in [6.07, 6.45) is 4.81. The molecule has 0 radical (unpaired) electrons. The van der Waals surface area contributed by atoms with Crippen molar-refractivity contribution in [3.8, 4) is 0 Å². The summed E-state index contributed by atoms with van der Waals surface area (Å²) in [5.41, 5.74) is 4.78. The molecule has 7 nitrogen and oxygen atoms in total. The molecule has 0 saturated carbocycles. The van der Waals surface area contributed by atoms with E-state index in [1.807, 2.05) is 37.3 Å². The molecule has 1 fully saturated rings. The van der Waals surface area contributed by atoms with Crippen molar-refractivity contribution in [3.05, 3.63) is 57.5 Å². The number of allylic oxidation sites excluding steroid dienone is 1. The Hall–Kier alpha value is -2.71.